The average Bonchev–Trinajstić information content (AvgIpc) is 3.48. The van der Waals surface area contributed by atoms with Crippen LogP contribution < -0.4 is 16.4 Å². The highest BCUT2D eigenvalue weighted by Crippen LogP contribution is 2.35. The molecule has 0 amide bonds. The monoisotopic (exact) mass is 589 g/mol. The van der Waals surface area contributed by atoms with Crippen LogP contribution >= 0.6 is 0 Å². The molecule has 3 aromatic heterocycles. The van der Waals surface area contributed by atoms with E-state index in [2.05, 4.69) is 30.8 Å². The Morgan fingerprint density at radius 2 is 1.95 bits per heavy atom. The van der Waals surface area contributed by atoms with Crippen molar-refractivity contribution in [1.82, 2.24) is 39.6 Å². The molecular weight excluding hydrogens is 559 g/mol. The van der Waals surface area contributed by atoms with Gasteiger partial charge in [-0.25, -0.2) is 27.5 Å². The van der Waals surface area contributed by atoms with Crippen LogP contribution in [0.25, 0.3) is 17.0 Å². The highest BCUT2D eigenvalue weighted by Gasteiger charge is 2.38. The van der Waals surface area contributed by atoms with E-state index >= 15 is 0 Å². The first-order chi connectivity index (χ1) is 19.4. The quantitative estimate of drug-likeness (QED) is 0.361. The minimum atomic E-state index is -3.55. The maximum absolute atomic E-state index is 14.5. The lowest BCUT2D eigenvalue weighted by Crippen LogP contribution is -2.50. The summed E-state index contributed by atoms with van der Waals surface area (Å²) in [6.45, 7) is -1.20. The second-order valence-electron chi connectivity index (χ2n) is 11.0. The summed E-state index contributed by atoms with van der Waals surface area (Å²) in [4.78, 5) is 8.89. The molecule has 1 atom stereocenters. The molecule has 2 aliphatic carbocycles. The van der Waals surface area contributed by atoms with Gasteiger partial charge in [0.05, 0.1) is 34.6 Å². The van der Waals surface area contributed by atoms with Crippen molar-refractivity contribution in [2.24, 2.45) is 5.73 Å². The molecule has 15 heteroatoms. The number of allylic oxidation sites excluding steroid dienone is 1. The number of nitrogens with two attached hydrogens (primary N) is 1. The van der Waals surface area contributed by atoms with Crippen LogP contribution in [-0.4, -0.2) is 54.3 Å². The molecule has 6 rings (SSSR count). The average molecular weight is 590 g/mol. The van der Waals surface area contributed by atoms with Crippen LogP contribution in [0.5, 0.6) is 0 Å². The van der Waals surface area contributed by atoms with Crippen molar-refractivity contribution in [3.05, 3.63) is 66.3 Å². The van der Waals surface area contributed by atoms with E-state index in [0.717, 1.165) is 4.09 Å². The molecular formula is C26H30F3N9O2S. The molecule has 0 saturated heterocycles. The van der Waals surface area contributed by atoms with Crippen molar-refractivity contribution in [1.29, 1.82) is 0 Å². The van der Waals surface area contributed by atoms with Crippen molar-refractivity contribution in [3.63, 3.8) is 0 Å². The van der Waals surface area contributed by atoms with E-state index in [-0.39, 0.29) is 11.9 Å². The van der Waals surface area contributed by atoms with Gasteiger partial charge >= 0.3 is 6.55 Å². The molecule has 3 aromatic rings. The van der Waals surface area contributed by atoms with Crippen molar-refractivity contribution in [3.8, 4) is 11.4 Å². The molecule has 2 fully saturated rings. The number of rotatable bonds is 8. The van der Waals surface area contributed by atoms with Crippen LogP contribution in [0.1, 0.15) is 63.4 Å². The molecule has 2 saturated carbocycles. The lowest BCUT2D eigenvalue weighted by Gasteiger charge is -2.36. The van der Waals surface area contributed by atoms with E-state index in [9.17, 15) is 21.6 Å². The Bertz CT molecular complexity index is 1620. The zero-order chi connectivity index (χ0) is 29.0. The highest BCUT2D eigenvalue weighted by molar-refractivity contribution is 7.90. The third kappa shape index (κ3) is 5.47. The first kappa shape index (κ1) is 27.4. The molecule has 0 radical (unpaired) electrons. The SMILES string of the molecule is CC1(F)CCC(NC2=CC(N)(c3ccnc(-c4cnn(S(=O)(=O)C5CC5)c4)n3)NC=C2c2ccn(C(F)F)n2)CC1. The fraction of sp³-hybridized carbons (Fsp3) is 0.462. The standard InChI is InChI=1S/C26H30F3N9O2S/c1-25(29)8-4-17(5-9-25)34-21-12-26(30,32-14-19(21)20-7-11-37(36-20)24(27)28)22-6-10-31-23(35-22)16-13-33-38(15-16)41(39,40)18-2-3-18/h6-7,10-15,17-18,24,32,34H,2-5,8-9,30H2,1H3. The summed E-state index contributed by atoms with van der Waals surface area (Å²) in [5.41, 5.74) is 6.35. The first-order valence-electron chi connectivity index (χ1n) is 13.4. The van der Waals surface area contributed by atoms with Crippen molar-refractivity contribution in [2.75, 3.05) is 0 Å². The lowest BCUT2D eigenvalue weighted by molar-refractivity contribution is 0.0565. The van der Waals surface area contributed by atoms with Gasteiger partial charge in [-0.2, -0.15) is 23.1 Å². The molecule has 41 heavy (non-hydrogen) atoms. The minimum Gasteiger partial charge on any atom is -0.382 e. The number of dihydropyridines is 1. The smallest absolute Gasteiger partial charge is 0.333 e. The summed E-state index contributed by atoms with van der Waals surface area (Å²) in [6.07, 6.45) is 11.9. The van der Waals surface area contributed by atoms with E-state index in [1.54, 1.807) is 25.3 Å². The van der Waals surface area contributed by atoms with Gasteiger partial charge in [-0.05, 0) is 63.7 Å². The van der Waals surface area contributed by atoms with E-state index in [4.69, 9.17) is 5.73 Å². The summed E-state index contributed by atoms with van der Waals surface area (Å²) >= 11 is 0. The lowest BCUT2D eigenvalue weighted by atomic mass is 9.84. The number of hydrogen-bond donors (Lipinski definition) is 3. The Kier molecular flexibility index (Phi) is 6.68. The molecule has 218 valence electrons. The molecule has 4 heterocycles. The summed E-state index contributed by atoms with van der Waals surface area (Å²) in [7, 11) is -3.55. The Labute approximate surface area is 234 Å². The third-order valence-corrected chi connectivity index (χ3v) is 9.73. The summed E-state index contributed by atoms with van der Waals surface area (Å²) in [6, 6.07) is 3.04. The Balaban J connectivity index is 1.31. The van der Waals surface area contributed by atoms with Gasteiger partial charge < -0.3 is 16.4 Å². The molecule has 0 bridgehead atoms. The van der Waals surface area contributed by atoms with Crippen LogP contribution in [0.2, 0.25) is 0 Å². The van der Waals surface area contributed by atoms with Gasteiger partial charge in [-0.3, -0.25) is 0 Å². The summed E-state index contributed by atoms with van der Waals surface area (Å²) < 4.78 is 67.6. The maximum Gasteiger partial charge on any atom is 0.333 e. The molecule has 4 N–H and O–H groups in total. The van der Waals surface area contributed by atoms with Gasteiger partial charge in [0, 0.05) is 35.9 Å². The molecule has 1 unspecified atom stereocenters. The third-order valence-electron chi connectivity index (χ3n) is 7.69. The Hall–Kier alpha value is -3.72. The van der Waals surface area contributed by atoms with Gasteiger partial charge in [0.1, 0.15) is 5.67 Å². The fourth-order valence-corrected chi connectivity index (χ4v) is 6.55. The van der Waals surface area contributed by atoms with Gasteiger partial charge in [-0.15, -0.1) is 0 Å². The van der Waals surface area contributed by atoms with Crippen LogP contribution in [0.4, 0.5) is 13.2 Å². The maximum atomic E-state index is 14.5. The predicted molar refractivity (Wildman–Crippen MR) is 144 cm³/mol. The number of hydrogen-bond acceptors (Lipinski definition) is 9. The summed E-state index contributed by atoms with van der Waals surface area (Å²) in [5, 5.41) is 14.1. The van der Waals surface area contributed by atoms with Gasteiger partial charge in [0.15, 0.2) is 11.5 Å². The Morgan fingerprint density at radius 1 is 1.20 bits per heavy atom. The van der Waals surface area contributed by atoms with Gasteiger partial charge in [0.2, 0.25) is 0 Å². The number of alkyl halides is 3. The van der Waals surface area contributed by atoms with Crippen LogP contribution in [0.15, 0.2) is 54.9 Å². The highest BCUT2D eigenvalue weighted by atomic mass is 32.2. The summed E-state index contributed by atoms with van der Waals surface area (Å²) in [5.74, 6) is 0.231. The van der Waals surface area contributed by atoms with E-state index in [0.29, 0.717) is 71.4 Å². The van der Waals surface area contributed by atoms with E-state index in [1.165, 1.54) is 30.9 Å². The van der Waals surface area contributed by atoms with E-state index in [1.807, 2.05) is 0 Å². The zero-order valence-corrected chi connectivity index (χ0v) is 23.0. The number of nitrogens with zero attached hydrogens (tertiary/aromatic N) is 6. The van der Waals surface area contributed by atoms with Crippen LogP contribution in [0, 0.1) is 0 Å². The minimum absolute atomic E-state index is 0.0618. The second-order valence-corrected chi connectivity index (χ2v) is 13.1. The number of nitrogens with one attached hydrogen (secondary N) is 2. The van der Waals surface area contributed by atoms with E-state index < -0.39 is 33.2 Å². The van der Waals surface area contributed by atoms with Gasteiger partial charge in [0.25, 0.3) is 10.0 Å². The van der Waals surface area contributed by atoms with Crippen LogP contribution in [-0.2, 0) is 15.7 Å². The van der Waals surface area contributed by atoms with Crippen LogP contribution in [0.3, 0.4) is 0 Å². The van der Waals surface area contributed by atoms with Crippen molar-refractivity contribution in [2.45, 2.75) is 74.6 Å². The first-order valence-corrected chi connectivity index (χ1v) is 14.9. The molecule has 11 nitrogen and oxygen atoms in total. The molecule has 1 aliphatic heterocycles. The number of aromatic nitrogens is 6. The molecule has 0 aromatic carbocycles. The van der Waals surface area contributed by atoms with Crippen molar-refractivity contribution < 1.29 is 21.6 Å². The second kappa shape index (κ2) is 9.98. The molecule has 3 aliphatic rings. The largest absolute Gasteiger partial charge is 0.382 e. The zero-order valence-electron chi connectivity index (χ0n) is 22.2. The Morgan fingerprint density at radius 3 is 2.63 bits per heavy atom. The normalized spacial score (nSPS) is 26.8. The predicted octanol–water partition coefficient (Wildman–Crippen LogP) is 3.17. The fourth-order valence-electron chi connectivity index (χ4n) is 5.08. The molecule has 0 spiro atoms. The topological polar surface area (TPSA) is 146 Å². The van der Waals surface area contributed by atoms with Gasteiger partial charge in [-0.1, -0.05) is 0 Å². The number of halogens is 3. The van der Waals surface area contributed by atoms with Crippen molar-refractivity contribution >= 4 is 15.6 Å².